The van der Waals surface area contributed by atoms with Gasteiger partial charge in [0.1, 0.15) is 0 Å². The Kier molecular flexibility index (Phi) is 5.46. The van der Waals surface area contributed by atoms with E-state index >= 15 is 0 Å². The summed E-state index contributed by atoms with van der Waals surface area (Å²) in [6.07, 6.45) is 5.46. The van der Waals surface area contributed by atoms with Crippen LogP contribution in [0.4, 0.5) is 0 Å². The second-order valence-corrected chi connectivity index (χ2v) is 7.28. The molecule has 0 aromatic heterocycles. The van der Waals surface area contributed by atoms with E-state index in [0.717, 1.165) is 47.2 Å². The molecule has 3 heteroatoms. The molecule has 1 aromatic rings. The second kappa shape index (κ2) is 6.94. The summed E-state index contributed by atoms with van der Waals surface area (Å²) < 4.78 is 0.903. The lowest BCUT2D eigenvalue weighted by Crippen LogP contribution is -2.32. The van der Waals surface area contributed by atoms with Crippen LogP contribution in [0.3, 0.4) is 0 Å². The van der Waals surface area contributed by atoms with Gasteiger partial charge in [-0.15, -0.1) is 0 Å². The fraction of sp³-hybridized carbons (Fsp3) is 0.611. The van der Waals surface area contributed by atoms with Gasteiger partial charge < -0.3 is 5.11 Å². The van der Waals surface area contributed by atoms with Crippen LogP contribution in [-0.4, -0.2) is 5.11 Å². The second-order valence-electron chi connectivity index (χ2n) is 6.43. The predicted octanol–water partition coefficient (Wildman–Crippen LogP) is 5.29. The number of aliphatic hydroxyl groups is 1. The average Bonchev–Trinajstić information content (AvgIpc) is 2.48. The highest BCUT2D eigenvalue weighted by Gasteiger charge is 2.42. The lowest BCUT2D eigenvalue weighted by atomic mass is 9.66. The maximum Gasteiger partial charge on any atom is 0.0987 e. The molecule has 0 aliphatic heterocycles. The van der Waals surface area contributed by atoms with E-state index < -0.39 is 11.5 Å². The van der Waals surface area contributed by atoms with Crippen LogP contribution in [-0.2, 0) is 0 Å². The van der Waals surface area contributed by atoms with Crippen molar-refractivity contribution in [2.24, 2.45) is 11.3 Å². The van der Waals surface area contributed by atoms with Crippen molar-refractivity contribution < 1.29 is 5.11 Å². The monoisotopic (exact) mass is 349 g/mol. The predicted molar refractivity (Wildman–Crippen MR) is 88.8 cm³/mol. The molecule has 1 N–H and O–H groups in total. The summed E-state index contributed by atoms with van der Waals surface area (Å²) in [6, 6.07) is 8.40. The fourth-order valence-corrected chi connectivity index (χ4v) is 4.20. The third kappa shape index (κ3) is 3.49. The van der Waals surface area contributed by atoms with Gasteiger partial charge in [0.05, 0.1) is 17.6 Å². The topological polar surface area (TPSA) is 44.0 Å². The van der Waals surface area contributed by atoms with Gasteiger partial charge >= 0.3 is 0 Å². The highest BCUT2D eigenvalue weighted by molar-refractivity contribution is 9.10. The van der Waals surface area contributed by atoms with E-state index in [4.69, 9.17) is 0 Å². The molecule has 2 rings (SSSR count). The van der Waals surface area contributed by atoms with Crippen molar-refractivity contribution in [3.05, 3.63) is 33.8 Å². The molecule has 1 fully saturated rings. The molecule has 2 nitrogen and oxygen atoms in total. The molecule has 0 bridgehead atoms. The van der Waals surface area contributed by atoms with E-state index in [1.54, 1.807) is 0 Å². The third-order valence-corrected chi connectivity index (χ3v) is 5.58. The maximum atomic E-state index is 10.8. The summed E-state index contributed by atoms with van der Waals surface area (Å²) in [5, 5.41) is 20.5. The summed E-state index contributed by atoms with van der Waals surface area (Å²) in [7, 11) is 0. The van der Waals surface area contributed by atoms with Crippen LogP contribution in [0.15, 0.2) is 22.7 Å². The van der Waals surface area contributed by atoms with E-state index in [9.17, 15) is 10.4 Å². The largest absolute Gasteiger partial charge is 0.387 e. The number of aryl methyl sites for hydroxylation is 1. The molecular formula is C18H24BrNO. The fourth-order valence-electron chi connectivity index (χ4n) is 3.49. The number of nitrogens with zero attached hydrogens (tertiary/aromatic N) is 1. The van der Waals surface area contributed by atoms with Gasteiger partial charge in [0, 0.05) is 4.47 Å². The molecule has 21 heavy (non-hydrogen) atoms. The average molecular weight is 350 g/mol. The minimum absolute atomic E-state index is 0.623. The van der Waals surface area contributed by atoms with E-state index in [2.05, 4.69) is 28.9 Å². The molecule has 0 saturated heterocycles. The Morgan fingerprint density at radius 1 is 1.43 bits per heavy atom. The van der Waals surface area contributed by atoms with E-state index in [0.29, 0.717) is 0 Å². The molecule has 1 saturated carbocycles. The van der Waals surface area contributed by atoms with E-state index in [1.165, 1.54) is 12.8 Å². The lowest BCUT2D eigenvalue weighted by Gasteiger charge is -2.38. The van der Waals surface area contributed by atoms with Gasteiger partial charge in [-0.3, -0.25) is 0 Å². The zero-order valence-electron chi connectivity index (χ0n) is 12.9. The summed E-state index contributed by atoms with van der Waals surface area (Å²) >= 11 is 3.54. The number of aliphatic hydroxyl groups excluding tert-OH is 1. The van der Waals surface area contributed by atoms with Crippen LogP contribution in [0.1, 0.15) is 62.7 Å². The Morgan fingerprint density at radius 2 is 2.10 bits per heavy atom. The zero-order chi connectivity index (χ0) is 15.5. The van der Waals surface area contributed by atoms with E-state index in [-0.39, 0.29) is 0 Å². The first kappa shape index (κ1) is 16.5. The molecule has 0 spiro atoms. The molecule has 1 atom stereocenters. The minimum atomic E-state index is -0.708. The maximum absolute atomic E-state index is 10.8. The zero-order valence-corrected chi connectivity index (χ0v) is 14.5. The number of rotatable bonds is 4. The van der Waals surface area contributed by atoms with Crippen molar-refractivity contribution >= 4 is 15.9 Å². The number of nitriles is 1. The number of halogens is 1. The van der Waals surface area contributed by atoms with Gasteiger partial charge in [-0.1, -0.05) is 47.8 Å². The number of hydrogen-bond acceptors (Lipinski definition) is 2. The van der Waals surface area contributed by atoms with Crippen LogP contribution in [0.5, 0.6) is 0 Å². The first-order valence-electron chi connectivity index (χ1n) is 7.88. The summed E-state index contributed by atoms with van der Waals surface area (Å²) in [5.41, 5.74) is 1.37. The Labute approximate surface area is 136 Å². The molecule has 0 heterocycles. The van der Waals surface area contributed by atoms with Gasteiger partial charge in [0.15, 0.2) is 0 Å². The van der Waals surface area contributed by atoms with Gasteiger partial charge in [-0.2, -0.15) is 5.26 Å². The molecule has 1 aliphatic carbocycles. The Bertz CT molecular complexity index is 527. The van der Waals surface area contributed by atoms with Crippen LogP contribution < -0.4 is 0 Å². The van der Waals surface area contributed by atoms with Crippen molar-refractivity contribution in [2.75, 3.05) is 0 Å². The van der Waals surface area contributed by atoms with Crippen LogP contribution in [0, 0.1) is 29.6 Å². The smallest absolute Gasteiger partial charge is 0.0987 e. The Morgan fingerprint density at radius 3 is 2.62 bits per heavy atom. The molecular weight excluding hydrogens is 326 g/mol. The van der Waals surface area contributed by atoms with Crippen molar-refractivity contribution in [3.8, 4) is 6.07 Å². The SMILES string of the molecule is CCCC1CCC(C#N)(C(O)c2ccc(C)cc2Br)CC1. The first-order valence-corrected chi connectivity index (χ1v) is 8.67. The van der Waals surface area contributed by atoms with Crippen LogP contribution in [0.2, 0.25) is 0 Å². The highest BCUT2D eigenvalue weighted by atomic mass is 79.9. The Hall–Kier alpha value is -0.850. The van der Waals surface area contributed by atoms with Gasteiger partial charge in [-0.25, -0.2) is 0 Å². The van der Waals surface area contributed by atoms with Crippen LogP contribution in [0.25, 0.3) is 0 Å². The molecule has 114 valence electrons. The van der Waals surface area contributed by atoms with Crippen LogP contribution >= 0.6 is 15.9 Å². The molecule has 1 aliphatic rings. The first-order chi connectivity index (χ1) is 10.0. The van der Waals surface area contributed by atoms with Gasteiger partial charge in [0.2, 0.25) is 0 Å². The highest BCUT2D eigenvalue weighted by Crippen LogP contribution is 2.49. The van der Waals surface area contributed by atoms with Crippen molar-refractivity contribution in [3.63, 3.8) is 0 Å². The number of hydrogen-bond donors (Lipinski definition) is 1. The van der Waals surface area contributed by atoms with Gasteiger partial charge in [0.25, 0.3) is 0 Å². The molecule has 0 radical (unpaired) electrons. The summed E-state index contributed by atoms with van der Waals surface area (Å²) in [5.74, 6) is 0.727. The third-order valence-electron chi connectivity index (χ3n) is 4.89. The molecule has 0 amide bonds. The van der Waals surface area contributed by atoms with E-state index in [1.807, 2.05) is 25.1 Å². The minimum Gasteiger partial charge on any atom is -0.387 e. The Balaban J connectivity index is 2.20. The quantitative estimate of drug-likeness (QED) is 0.802. The molecule has 1 unspecified atom stereocenters. The normalized spacial score (nSPS) is 27.1. The molecule has 1 aromatic carbocycles. The standard InChI is InChI=1S/C18H24BrNO/c1-3-4-14-7-9-18(12-20,10-8-14)17(21)15-6-5-13(2)11-16(15)19/h5-6,11,14,17,21H,3-4,7-10H2,1-2H3. The van der Waals surface area contributed by atoms with Gasteiger partial charge in [-0.05, 0) is 55.7 Å². The summed E-state index contributed by atoms with van der Waals surface area (Å²) in [6.45, 7) is 4.24. The van der Waals surface area contributed by atoms with Crippen molar-refractivity contribution in [1.82, 2.24) is 0 Å². The van der Waals surface area contributed by atoms with Crippen molar-refractivity contribution in [1.29, 1.82) is 5.26 Å². The lowest BCUT2D eigenvalue weighted by molar-refractivity contribution is 0.0232. The number of benzene rings is 1. The van der Waals surface area contributed by atoms with Crippen molar-refractivity contribution in [2.45, 2.75) is 58.5 Å². The summed E-state index contributed by atoms with van der Waals surface area (Å²) in [4.78, 5) is 0.